The summed E-state index contributed by atoms with van der Waals surface area (Å²) >= 11 is 0. The number of carbonyl (C=O) groups excluding carboxylic acids is 2. The Morgan fingerprint density at radius 1 is 1.53 bits per heavy atom. The number of rotatable bonds is 4. The van der Waals surface area contributed by atoms with Gasteiger partial charge in [-0.05, 0) is 13.3 Å². The summed E-state index contributed by atoms with van der Waals surface area (Å²) in [5, 5.41) is 3.08. The Morgan fingerprint density at radius 3 is 2.80 bits per heavy atom. The lowest BCUT2D eigenvalue weighted by Crippen LogP contribution is -2.37. The van der Waals surface area contributed by atoms with Crippen LogP contribution in [0.1, 0.15) is 20.3 Å². The maximum atomic E-state index is 11.0. The van der Waals surface area contributed by atoms with Crippen molar-refractivity contribution in [1.82, 2.24) is 10.2 Å². The number of likely N-dealkylation sites (tertiary alicyclic amines) is 1. The van der Waals surface area contributed by atoms with Crippen LogP contribution in [-0.4, -0.2) is 49.1 Å². The van der Waals surface area contributed by atoms with Gasteiger partial charge in [0.15, 0.2) is 0 Å². The Balaban J connectivity index is 2.19. The second kappa shape index (κ2) is 5.70. The minimum atomic E-state index is -0.237. The molecule has 1 saturated heterocycles. The number of esters is 1. The molecule has 1 atom stereocenters. The fraction of sp³-hybridized carbons (Fsp3) is 0.800. The number of hydrogen-bond acceptors (Lipinski definition) is 4. The molecule has 0 aromatic rings. The molecular weight excluding hydrogens is 196 g/mol. The summed E-state index contributed by atoms with van der Waals surface area (Å²) in [6, 6.07) is 0.221. The molecular formula is C10H18N2O3. The third kappa shape index (κ3) is 3.87. The average Bonchev–Trinajstić information content (AvgIpc) is 2.63. The van der Waals surface area contributed by atoms with Crippen LogP contribution in [0.2, 0.25) is 0 Å². The Kier molecular flexibility index (Phi) is 4.55. The van der Waals surface area contributed by atoms with Gasteiger partial charge in [0.25, 0.3) is 0 Å². The maximum Gasteiger partial charge on any atom is 0.319 e. The first kappa shape index (κ1) is 12.0. The summed E-state index contributed by atoms with van der Waals surface area (Å²) in [5.74, 6) is -0.144. The fourth-order valence-corrected chi connectivity index (χ4v) is 1.65. The van der Waals surface area contributed by atoms with Crippen LogP contribution in [0.4, 0.5) is 0 Å². The van der Waals surface area contributed by atoms with Crippen LogP contribution in [0, 0.1) is 0 Å². The van der Waals surface area contributed by atoms with Gasteiger partial charge < -0.3 is 15.0 Å². The summed E-state index contributed by atoms with van der Waals surface area (Å²) < 4.78 is 4.79. The molecule has 1 N–H and O–H groups in total. The first-order valence-corrected chi connectivity index (χ1v) is 5.28. The highest BCUT2D eigenvalue weighted by Gasteiger charge is 2.23. The van der Waals surface area contributed by atoms with E-state index in [0.717, 1.165) is 13.0 Å². The Bertz CT molecular complexity index is 243. The number of nitrogens with zero attached hydrogens (tertiary/aromatic N) is 1. The van der Waals surface area contributed by atoms with Gasteiger partial charge in [-0.15, -0.1) is 0 Å². The summed E-state index contributed by atoms with van der Waals surface area (Å²) in [5.41, 5.74) is 0. The van der Waals surface area contributed by atoms with Crippen LogP contribution < -0.4 is 5.32 Å². The van der Waals surface area contributed by atoms with E-state index in [1.165, 1.54) is 0 Å². The van der Waals surface area contributed by atoms with Crippen molar-refractivity contribution in [2.45, 2.75) is 26.3 Å². The fourth-order valence-electron chi connectivity index (χ4n) is 1.65. The van der Waals surface area contributed by atoms with Crippen molar-refractivity contribution in [1.29, 1.82) is 0 Å². The van der Waals surface area contributed by atoms with Gasteiger partial charge in [-0.2, -0.15) is 0 Å². The van der Waals surface area contributed by atoms with Gasteiger partial charge in [-0.3, -0.25) is 9.59 Å². The second-order valence-electron chi connectivity index (χ2n) is 3.64. The predicted molar refractivity (Wildman–Crippen MR) is 55.3 cm³/mol. The van der Waals surface area contributed by atoms with Gasteiger partial charge in [0.2, 0.25) is 5.91 Å². The van der Waals surface area contributed by atoms with E-state index in [4.69, 9.17) is 4.74 Å². The van der Waals surface area contributed by atoms with Gasteiger partial charge >= 0.3 is 5.97 Å². The van der Waals surface area contributed by atoms with E-state index in [0.29, 0.717) is 13.2 Å². The van der Waals surface area contributed by atoms with E-state index >= 15 is 0 Å². The maximum absolute atomic E-state index is 11.0. The third-order valence-corrected chi connectivity index (χ3v) is 2.47. The normalized spacial score (nSPS) is 20.4. The van der Waals surface area contributed by atoms with Crippen molar-refractivity contribution >= 4 is 11.9 Å². The zero-order chi connectivity index (χ0) is 11.3. The van der Waals surface area contributed by atoms with Gasteiger partial charge in [-0.1, -0.05) is 0 Å². The quantitative estimate of drug-likeness (QED) is 0.656. The molecule has 0 spiro atoms. The summed E-state index contributed by atoms with van der Waals surface area (Å²) in [6.45, 7) is 5.44. The molecule has 1 rings (SSSR count). The lowest BCUT2D eigenvalue weighted by atomic mass is 10.2. The summed E-state index contributed by atoms with van der Waals surface area (Å²) in [4.78, 5) is 23.9. The van der Waals surface area contributed by atoms with E-state index in [2.05, 4.69) is 5.32 Å². The van der Waals surface area contributed by atoms with Gasteiger partial charge in [0.1, 0.15) is 0 Å². The molecule has 0 aromatic carbocycles. The van der Waals surface area contributed by atoms with Crippen molar-refractivity contribution in [2.24, 2.45) is 0 Å². The van der Waals surface area contributed by atoms with E-state index in [1.807, 2.05) is 0 Å². The van der Waals surface area contributed by atoms with Gasteiger partial charge in [-0.25, -0.2) is 0 Å². The first-order valence-electron chi connectivity index (χ1n) is 5.28. The largest absolute Gasteiger partial charge is 0.465 e. The minimum Gasteiger partial charge on any atom is -0.465 e. The topological polar surface area (TPSA) is 58.6 Å². The molecule has 86 valence electrons. The van der Waals surface area contributed by atoms with Crippen molar-refractivity contribution in [3.8, 4) is 0 Å². The average molecular weight is 214 g/mol. The minimum absolute atomic E-state index is 0.0930. The molecule has 1 heterocycles. The molecule has 0 aromatic heterocycles. The first-order chi connectivity index (χ1) is 7.13. The number of ether oxygens (including phenoxy) is 1. The van der Waals surface area contributed by atoms with Crippen LogP contribution in [-0.2, 0) is 14.3 Å². The highest BCUT2D eigenvalue weighted by molar-refractivity contribution is 5.73. The number of nitrogens with one attached hydrogen (secondary N) is 1. The van der Waals surface area contributed by atoms with Gasteiger partial charge in [0.05, 0.1) is 13.2 Å². The molecule has 0 saturated carbocycles. The van der Waals surface area contributed by atoms with Gasteiger partial charge in [0, 0.05) is 26.1 Å². The number of hydrogen-bond donors (Lipinski definition) is 1. The van der Waals surface area contributed by atoms with E-state index in [-0.39, 0.29) is 24.5 Å². The van der Waals surface area contributed by atoms with Crippen molar-refractivity contribution in [3.63, 3.8) is 0 Å². The van der Waals surface area contributed by atoms with Crippen LogP contribution in [0.15, 0.2) is 0 Å². The Morgan fingerprint density at radius 2 is 2.27 bits per heavy atom. The lowest BCUT2D eigenvalue weighted by Gasteiger charge is -2.14. The SMILES string of the molecule is CCOC(=O)CNC1CCN(C(C)=O)C1. The number of amides is 1. The third-order valence-electron chi connectivity index (χ3n) is 2.47. The Labute approximate surface area is 89.8 Å². The molecule has 1 fully saturated rings. The molecule has 0 aliphatic carbocycles. The number of carbonyl (C=O) groups is 2. The van der Waals surface area contributed by atoms with E-state index in [9.17, 15) is 9.59 Å². The summed E-state index contributed by atoms with van der Waals surface area (Å²) in [7, 11) is 0. The standard InChI is InChI=1S/C10H18N2O3/c1-3-15-10(14)6-11-9-4-5-12(7-9)8(2)13/h9,11H,3-7H2,1-2H3. The second-order valence-corrected chi connectivity index (χ2v) is 3.64. The molecule has 1 aliphatic heterocycles. The molecule has 0 radical (unpaired) electrons. The van der Waals surface area contributed by atoms with E-state index in [1.54, 1.807) is 18.7 Å². The lowest BCUT2D eigenvalue weighted by molar-refractivity contribution is -0.142. The van der Waals surface area contributed by atoms with E-state index < -0.39 is 0 Å². The molecule has 5 nitrogen and oxygen atoms in total. The molecule has 5 heteroatoms. The van der Waals surface area contributed by atoms with Crippen molar-refractivity contribution in [2.75, 3.05) is 26.2 Å². The molecule has 1 amide bonds. The van der Waals surface area contributed by atoms with Crippen LogP contribution >= 0.6 is 0 Å². The molecule has 1 aliphatic rings. The van der Waals surface area contributed by atoms with Crippen molar-refractivity contribution in [3.05, 3.63) is 0 Å². The highest BCUT2D eigenvalue weighted by Crippen LogP contribution is 2.08. The predicted octanol–water partition coefficient (Wildman–Crippen LogP) is -0.240. The van der Waals surface area contributed by atoms with Crippen molar-refractivity contribution < 1.29 is 14.3 Å². The molecule has 15 heavy (non-hydrogen) atoms. The highest BCUT2D eigenvalue weighted by atomic mass is 16.5. The molecule has 0 bridgehead atoms. The van der Waals surface area contributed by atoms with Crippen LogP contribution in [0.5, 0.6) is 0 Å². The smallest absolute Gasteiger partial charge is 0.319 e. The van der Waals surface area contributed by atoms with Crippen LogP contribution in [0.25, 0.3) is 0 Å². The zero-order valence-corrected chi connectivity index (χ0v) is 9.28. The zero-order valence-electron chi connectivity index (χ0n) is 9.28. The molecule has 1 unspecified atom stereocenters. The monoisotopic (exact) mass is 214 g/mol. The summed E-state index contributed by atoms with van der Waals surface area (Å²) in [6.07, 6.45) is 0.902. The Hall–Kier alpha value is -1.10. The van der Waals surface area contributed by atoms with Crippen LogP contribution in [0.3, 0.4) is 0 Å².